The highest BCUT2D eigenvalue weighted by molar-refractivity contribution is 5.59. The van der Waals surface area contributed by atoms with Crippen LogP contribution >= 0.6 is 0 Å². The molecule has 1 aromatic carbocycles. The van der Waals surface area contributed by atoms with E-state index in [-0.39, 0.29) is 23.5 Å². The van der Waals surface area contributed by atoms with Crippen LogP contribution in [0.25, 0.3) is 0 Å². The van der Waals surface area contributed by atoms with Crippen LogP contribution in [0.4, 0.5) is 11.4 Å². The SMILES string of the molecule is Cc1ccc(=O)n(Cc2ccc(N)c([N+](=O)[O-])c2)n1. The molecule has 0 atom stereocenters. The van der Waals surface area contributed by atoms with E-state index in [0.29, 0.717) is 11.3 Å². The van der Waals surface area contributed by atoms with Gasteiger partial charge in [0.15, 0.2) is 0 Å². The number of nitro benzene ring substituents is 1. The normalized spacial score (nSPS) is 10.4. The number of aryl methyl sites for hydroxylation is 1. The first kappa shape index (κ1) is 12.7. The van der Waals surface area contributed by atoms with E-state index in [1.165, 1.54) is 22.9 Å². The van der Waals surface area contributed by atoms with Gasteiger partial charge in [-0.05, 0) is 24.6 Å². The maximum absolute atomic E-state index is 11.6. The van der Waals surface area contributed by atoms with Gasteiger partial charge < -0.3 is 5.73 Å². The number of hydrogen-bond acceptors (Lipinski definition) is 5. The Morgan fingerprint density at radius 1 is 1.37 bits per heavy atom. The molecule has 7 heteroatoms. The fourth-order valence-corrected chi connectivity index (χ4v) is 1.68. The van der Waals surface area contributed by atoms with Crippen LogP contribution in [-0.2, 0) is 6.54 Å². The minimum atomic E-state index is -0.550. The molecule has 2 rings (SSSR count). The Labute approximate surface area is 108 Å². The summed E-state index contributed by atoms with van der Waals surface area (Å²) in [5.74, 6) is 0. The van der Waals surface area contributed by atoms with Crippen LogP contribution < -0.4 is 11.3 Å². The summed E-state index contributed by atoms with van der Waals surface area (Å²) in [7, 11) is 0. The number of benzene rings is 1. The summed E-state index contributed by atoms with van der Waals surface area (Å²) < 4.78 is 1.25. The third kappa shape index (κ3) is 2.76. The lowest BCUT2D eigenvalue weighted by Gasteiger charge is -2.06. The zero-order chi connectivity index (χ0) is 14.0. The van der Waals surface area contributed by atoms with Crippen LogP contribution in [-0.4, -0.2) is 14.7 Å². The topological polar surface area (TPSA) is 104 Å². The van der Waals surface area contributed by atoms with Crippen molar-refractivity contribution in [2.45, 2.75) is 13.5 Å². The summed E-state index contributed by atoms with van der Waals surface area (Å²) >= 11 is 0. The molecule has 2 aromatic rings. The zero-order valence-corrected chi connectivity index (χ0v) is 10.2. The Morgan fingerprint density at radius 2 is 2.11 bits per heavy atom. The maximum Gasteiger partial charge on any atom is 0.292 e. The summed E-state index contributed by atoms with van der Waals surface area (Å²) in [5.41, 5.74) is 6.48. The predicted molar refractivity (Wildman–Crippen MR) is 69.8 cm³/mol. The fourth-order valence-electron chi connectivity index (χ4n) is 1.68. The van der Waals surface area contributed by atoms with Crippen molar-refractivity contribution in [3.05, 3.63) is 62.1 Å². The zero-order valence-electron chi connectivity index (χ0n) is 10.2. The number of nitrogens with two attached hydrogens (primary N) is 1. The van der Waals surface area contributed by atoms with E-state index >= 15 is 0 Å². The van der Waals surface area contributed by atoms with Gasteiger partial charge in [-0.1, -0.05) is 6.07 Å². The molecule has 98 valence electrons. The van der Waals surface area contributed by atoms with E-state index in [0.717, 1.165) is 0 Å². The van der Waals surface area contributed by atoms with Crippen molar-refractivity contribution in [3.63, 3.8) is 0 Å². The number of nitro groups is 1. The van der Waals surface area contributed by atoms with Crippen LogP contribution in [0, 0.1) is 17.0 Å². The molecule has 19 heavy (non-hydrogen) atoms. The number of rotatable bonds is 3. The molecule has 1 heterocycles. The molecule has 0 unspecified atom stereocenters. The van der Waals surface area contributed by atoms with Gasteiger partial charge in [0.05, 0.1) is 17.2 Å². The molecule has 0 saturated carbocycles. The Kier molecular flexibility index (Phi) is 3.28. The van der Waals surface area contributed by atoms with Crippen molar-refractivity contribution >= 4 is 11.4 Å². The Hall–Kier alpha value is -2.70. The van der Waals surface area contributed by atoms with Gasteiger partial charge in [-0.3, -0.25) is 14.9 Å². The van der Waals surface area contributed by atoms with E-state index in [9.17, 15) is 14.9 Å². The first-order chi connectivity index (χ1) is 8.97. The summed E-state index contributed by atoms with van der Waals surface area (Å²) in [4.78, 5) is 21.8. The van der Waals surface area contributed by atoms with Gasteiger partial charge in [0.1, 0.15) is 5.69 Å². The minimum absolute atomic E-state index is 0.0956. The largest absolute Gasteiger partial charge is 0.393 e. The molecule has 0 aliphatic carbocycles. The van der Waals surface area contributed by atoms with Crippen molar-refractivity contribution in [2.24, 2.45) is 0 Å². The molecule has 0 aliphatic rings. The van der Waals surface area contributed by atoms with Crippen LogP contribution in [0.1, 0.15) is 11.3 Å². The average Bonchev–Trinajstić information content (AvgIpc) is 2.36. The predicted octanol–water partition coefficient (Wildman–Crippen LogP) is 1.09. The molecule has 0 bridgehead atoms. The van der Waals surface area contributed by atoms with Crippen molar-refractivity contribution in [1.82, 2.24) is 9.78 Å². The van der Waals surface area contributed by atoms with Gasteiger partial charge in [-0.15, -0.1) is 0 Å². The number of nitrogens with zero attached hydrogens (tertiary/aromatic N) is 3. The van der Waals surface area contributed by atoms with E-state index < -0.39 is 4.92 Å². The number of nitrogen functional groups attached to an aromatic ring is 1. The number of hydrogen-bond donors (Lipinski definition) is 1. The molecule has 1 aromatic heterocycles. The van der Waals surface area contributed by atoms with E-state index in [1.807, 2.05) is 0 Å². The summed E-state index contributed by atoms with van der Waals surface area (Å²) in [5, 5.41) is 14.9. The molecule has 0 saturated heterocycles. The van der Waals surface area contributed by atoms with Crippen LogP contribution in [0.5, 0.6) is 0 Å². The number of anilines is 1. The monoisotopic (exact) mass is 260 g/mol. The summed E-state index contributed by atoms with van der Waals surface area (Å²) in [6.45, 7) is 1.93. The molecule has 0 radical (unpaired) electrons. The minimum Gasteiger partial charge on any atom is -0.393 e. The quantitative estimate of drug-likeness (QED) is 0.505. The Bertz CT molecular complexity index is 694. The van der Waals surface area contributed by atoms with Gasteiger partial charge in [-0.25, -0.2) is 4.68 Å². The average molecular weight is 260 g/mol. The maximum atomic E-state index is 11.6. The Balaban J connectivity index is 2.39. The standard InChI is InChI=1S/C12H12N4O3/c1-8-2-5-12(17)15(14-8)7-9-3-4-10(13)11(6-9)16(18)19/h2-6H,7,13H2,1H3. The molecule has 0 spiro atoms. The summed E-state index contributed by atoms with van der Waals surface area (Å²) in [6.07, 6.45) is 0. The highest BCUT2D eigenvalue weighted by atomic mass is 16.6. The van der Waals surface area contributed by atoms with Crippen LogP contribution in [0.15, 0.2) is 35.1 Å². The van der Waals surface area contributed by atoms with Gasteiger partial charge in [0, 0.05) is 12.1 Å². The van der Waals surface area contributed by atoms with Crippen molar-refractivity contribution in [3.8, 4) is 0 Å². The molecular formula is C12H12N4O3. The van der Waals surface area contributed by atoms with Gasteiger partial charge >= 0.3 is 0 Å². The van der Waals surface area contributed by atoms with Gasteiger partial charge in [-0.2, -0.15) is 5.10 Å². The fraction of sp³-hybridized carbons (Fsp3) is 0.167. The van der Waals surface area contributed by atoms with E-state index in [4.69, 9.17) is 5.73 Å². The molecule has 0 fully saturated rings. The van der Waals surface area contributed by atoms with Crippen molar-refractivity contribution < 1.29 is 4.92 Å². The lowest BCUT2D eigenvalue weighted by atomic mass is 10.2. The molecule has 0 amide bonds. The first-order valence-corrected chi connectivity index (χ1v) is 5.55. The van der Waals surface area contributed by atoms with Gasteiger partial charge in [0.2, 0.25) is 0 Å². The Morgan fingerprint density at radius 3 is 2.79 bits per heavy atom. The third-order valence-electron chi connectivity index (χ3n) is 2.62. The lowest BCUT2D eigenvalue weighted by molar-refractivity contribution is -0.384. The molecule has 0 aliphatic heterocycles. The van der Waals surface area contributed by atoms with Gasteiger partial charge in [0.25, 0.3) is 11.2 Å². The molecule has 2 N–H and O–H groups in total. The summed E-state index contributed by atoms with van der Waals surface area (Å²) in [6, 6.07) is 7.47. The highest BCUT2D eigenvalue weighted by Gasteiger charge is 2.12. The van der Waals surface area contributed by atoms with Crippen molar-refractivity contribution in [1.29, 1.82) is 0 Å². The lowest BCUT2D eigenvalue weighted by Crippen LogP contribution is -2.23. The number of aromatic nitrogens is 2. The smallest absolute Gasteiger partial charge is 0.292 e. The molecule has 7 nitrogen and oxygen atoms in total. The first-order valence-electron chi connectivity index (χ1n) is 5.55. The highest BCUT2D eigenvalue weighted by Crippen LogP contribution is 2.22. The van der Waals surface area contributed by atoms with E-state index in [2.05, 4.69) is 5.10 Å². The van der Waals surface area contributed by atoms with Crippen LogP contribution in [0.2, 0.25) is 0 Å². The van der Waals surface area contributed by atoms with Crippen molar-refractivity contribution in [2.75, 3.05) is 5.73 Å². The second-order valence-corrected chi connectivity index (χ2v) is 4.12. The second-order valence-electron chi connectivity index (χ2n) is 4.12. The van der Waals surface area contributed by atoms with Crippen LogP contribution in [0.3, 0.4) is 0 Å². The third-order valence-corrected chi connectivity index (χ3v) is 2.62. The second kappa shape index (κ2) is 4.89. The van der Waals surface area contributed by atoms with E-state index in [1.54, 1.807) is 19.1 Å². The molecular weight excluding hydrogens is 248 g/mol.